The maximum Gasteiger partial charge on any atom is 0.300 e. The van der Waals surface area contributed by atoms with Gasteiger partial charge in [-0.1, -0.05) is 0 Å². The van der Waals surface area contributed by atoms with Crippen molar-refractivity contribution in [1.82, 2.24) is 5.32 Å². The van der Waals surface area contributed by atoms with Crippen molar-refractivity contribution in [3.63, 3.8) is 0 Å². The summed E-state index contributed by atoms with van der Waals surface area (Å²) in [5, 5.41) is 10.7. The van der Waals surface area contributed by atoms with E-state index in [0.717, 1.165) is 20.0 Å². The molecular formula is C9H15NO2. The van der Waals surface area contributed by atoms with Crippen LogP contribution in [-0.4, -0.2) is 24.2 Å². The Bertz CT molecular complexity index is 162. The Kier molecular flexibility index (Phi) is 6.12. The molecule has 3 heteroatoms. The molecule has 2 N–H and O–H groups in total. The molecule has 1 aliphatic heterocycles. The zero-order chi connectivity index (χ0) is 9.40. The van der Waals surface area contributed by atoms with Crippen LogP contribution in [0.2, 0.25) is 0 Å². The van der Waals surface area contributed by atoms with E-state index in [1.54, 1.807) is 0 Å². The van der Waals surface area contributed by atoms with Crippen molar-refractivity contribution in [2.75, 3.05) is 13.1 Å². The van der Waals surface area contributed by atoms with Crippen LogP contribution in [0.4, 0.5) is 0 Å². The molecule has 68 valence electrons. The summed E-state index contributed by atoms with van der Waals surface area (Å²) in [5.41, 5.74) is 0. The molecule has 0 aromatic heterocycles. The fraction of sp³-hybridized carbons (Fsp3) is 0.667. The van der Waals surface area contributed by atoms with Gasteiger partial charge in [-0.3, -0.25) is 4.79 Å². The third kappa shape index (κ3) is 7.10. The Morgan fingerprint density at radius 1 is 1.75 bits per heavy atom. The maximum absolute atomic E-state index is 9.00. The lowest BCUT2D eigenvalue weighted by molar-refractivity contribution is -0.134. The largest absolute Gasteiger partial charge is 0.481 e. The molecule has 0 aromatic carbocycles. The van der Waals surface area contributed by atoms with Crippen LogP contribution in [0.1, 0.15) is 19.8 Å². The van der Waals surface area contributed by atoms with E-state index in [2.05, 4.69) is 11.2 Å². The average molecular weight is 169 g/mol. The minimum Gasteiger partial charge on any atom is -0.481 e. The van der Waals surface area contributed by atoms with Crippen LogP contribution < -0.4 is 5.32 Å². The molecule has 1 heterocycles. The summed E-state index contributed by atoms with van der Waals surface area (Å²) in [4.78, 5) is 9.00. The minimum absolute atomic E-state index is 0.503. The summed E-state index contributed by atoms with van der Waals surface area (Å²) in [6.45, 7) is 3.26. The number of rotatable bonds is 0. The van der Waals surface area contributed by atoms with Crippen molar-refractivity contribution in [3.8, 4) is 12.3 Å². The fourth-order valence-corrected chi connectivity index (χ4v) is 0.994. The van der Waals surface area contributed by atoms with Gasteiger partial charge in [-0.2, -0.15) is 0 Å². The van der Waals surface area contributed by atoms with Gasteiger partial charge in [0, 0.05) is 19.4 Å². The monoisotopic (exact) mass is 169 g/mol. The molecule has 12 heavy (non-hydrogen) atoms. The Morgan fingerprint density at radius 3 is 2.58 bits per heavy atom. The zero-order valence-electron chi connectivity index (χ0n) is 7.34. The SMILES string of the molecule is C#CC1CCCNC1.CC(=O)O. The van der Waals surface area contributed by atoms with Crippen LogP contribution in [0.5, 0.6) is 0 Å². The minimum atomic E-state index is -0.833. The third-order valence-electron chi connectivity index (χ3n) is 1.53. The van der Waals surface area contributed by atoms with Gasteiger partial charge in [-0.15, -0.1) is 12.3 Å². The molecule has 0 spiro atoms. The summed E-state index contributed by atoms with van der Waals surface area (Å²) in [6.07, 6.45) is 7.67. The molecule has 0 bridgehead atoms. The van der Waals surface area contributed by atoms with Crippen LogP contribution >= 0.6 is 0 Å². The lowest BCUT2D eigenvalue weighted by Gasteiger charge is -2.16. The first-order valence-corrected chi connectivity index (χ1v) is 4.03. The smallest absolute Gasteiger partial charge is 0.300 e. The predicted octanol–water partition coefficient (Wildman–Crippen LogP) is 0.710. The Hall–Kier alpha value is -1.01. The first-order chi connectivity index (χ1) is 5.66. The maximum atomic E-state index is 9.00. The van der Waals surface area contributed by atoms with Crippen LogP contribution in [-0.2, 0) is 4.79 Å². The van der Waals surface area contributed by atoms with Gasteiger partial charge in [0.2, 0.25) is 0 Å². The van der Waals surface area contributed by atoms with E-state index in [1.807, 2.05) is 0 Å². The highest BCUT2D eigenvalue weighted by Gasteiger charge is 2.07. The van der Waals surface area contributed by atoms with E-state index in [4.69, 9.17) is 16.3 Å². The molecule has 0 aliphatic carbocycles. The number of carboxylic acid groups (broad SMARTS) is 1. The van der Waals surface area contributed by atoms with E-state index >= 15 is 0 Å². The van der Waals surface area contributed by atoms with Gasteiger partial charge in [-0.05, 0) is 19.4 Å². The van der Waals surface area contributed by atoms with Gasteiger partial charge in [0.15, 0.2) is 0 Å². The molecule has 0 amide bonds. The van der Waals surface area contributed by atoms with Crippen LogP contribution in [0.15, 0.2) is 0 Å². The first kappa shape index (κ1) is 11.0. The molecule has 1 atom stereocenters. The molecule has 0 saturated carbocycles. The zero-order valence-corrected chi connectivity index (χ0v) is 7.34. The molecular weight excluding hydrogens is 154 g/mol. The van der Waals surface area contributed by atoms with Crippen molar-refractivity contribution in [2.45, 2.75) is 19.8 Å². The number of carboxylic acids is 1. The van der Waals surface area contributed by atoms with Gasteiger partial charge in [-0.25, -0.2) is 0 Å². The summed E-state index contributed by atoms with van der Waals surface area (Å²) in [7, 11) is 0. The Labute approximate surface area is 73.2 Å². The second-order valence-corrected chi connectivity index (χ2v) is 2.73. The van der Waals surface area contributed by atoms with Crippen molar-refractivity contribution in [3.05, 3.63) is 0 Å². The standard InChI is InChI=1S/C7H11N.C2H4O2/c1-2-7-4-3-5-8-6-7;1-2(3)4/h1,7-8H,3-6H2;1H3,(H,3,4). The van der Waals surface area contributed by atoms with E-state index in [0.29, 0.717) is 5.92 Å². The highest BCUT2D eigenvalue weighted by Crippen LogP contribution is 2.06. The van der Waals surface area contributed by atoms with Gasteiger partial charge in [0.1, 0.15) is 0 Å². The second kappa shape index (κ2) is 6.68. The van der Waals surface area contributed by atoms with E-state index in [9.17, 15) is 0 Å². The van der Waals surface area contributed by atoms with Crippen LogP contribution in [0, 0.1) is 18.3 Å². The molecule has 1 unspecified atom stereocenters. The number of carbonyl (C=O) groups is 1. The highest BCUT2D eigenvalue weighted by atomic mass is 16.4. The molecule has 1 aliphatic rings. The molecule has 1 fully saturated rings. The second-order valence-electron chi connectivity index (χ2n) is 2.73. The Balaban J connectivity index is 0.000000261. The molecule has 1 saturated heterocycles. The Morgan fingerprint density at radius 2 is 2.33 bits per heavy atom. The summed E-state index contributed by atoms with van der Waals surface area (Å²) >= 11 is 0. The summed E-state index contributed by atoms with van der Waals surface area (Å²) < 4.78 is 0. The number of aliphatic carboxylic acids is 1. The van der Waals surface area contributed by atoms with Crippen LogP contribution in [0.3, 0.4) is 0 Å². The number of terminal acetylenes is 1. The molecule has 0 aromatic rings. The lowest BCUT2D eigenvalue weighted by Crippen LogP contribution is -2.28. The van der Waals surface area contributed by atoms with Crippen molar-refractivity contribution >= 4 is 5.97 Å². The summed E-state index contributed by atoms with van der Waals surface area (Å²) in [5.74, 6) is 2.41. The van der Waals surface area contributed by atoms with Crippen molar-refractivity contribution < 1.29 is 9.90 Å². The van der Waals surface area contributed by atoms with E-state index in [-0.39, 0.29) is 0 Å². The van der Waals surface area contributed by atoms with Crippen LogP contribution in [0.25, 0.3) is 0 Å². The van der Waals surface area contributed by atoms with Gasteiger partial charge >= 0.3 is 0 Å². The average Bonchev–Trinajstić information content (AvgIpc) is 2.05. The number of nitrogens with one attached hydrogen (secondary N) is 1. The topological polar surface area (TPSA) is 49.3 Å². The molecule has 0 radical (unpaired) electrons. The number of piperidine rings is 1. The van der Waals surface area contributed by atoms with Crippen molar-refractivity contribution in [2.24, 2.45) is 5.92 Å². The third-order valence-corrected chi connectivity index (χ3v) is 1.53. The number of hydrogen-bond acceptors (Lipinski definition) is 2. The van der Waals surface area contributed by atoms with Crippen molar-refractivity contribution in [1.29, 1.82) is 0 Å². The van der Waals surface area contributed by atoms with Gasteiger partial charge < -0.3 is 10.4 Å². The van der Waals surface area contributed by atoms with Gasteiger partial charge in [0.25, 0.3) is 5.97 Å². The summed E-state index contributed by atoms with van der Waals surface area (Å²) in [6, 6.07) is 0. The highest BCUT2D eigenvalue weighted by molar-refractivity contribution is 5.62. The molecule has 3 nitrogen and oxygen atoms in total. The van der Waals surface area contributed by atoms with E-state index < -0.39 is 5.97 Å². The normalized spacial score (nSPS) is 21.5. The molecule has 1 rings (SSSR count). The lowest BCUT2D eigenvalue weighted by atomic mass is 10.0. The fourth-order valence-electron chi connectivity index (χ4n) is 0.994. The first-order valence-electron chi connectivity index (χ1n) is 4.03. The quantitative estimate of drug-likeness (QED) is 0.525. The number of hydrogen-bond donors (Lipinski definition) is 2. The van der Waals surface area contributed by atoms with Gasteiger partial charge in [0.05, 0.1) is 0 Å². The predicted molar refractivity (Wildman–Crippen MR) is 47.7 cm³/mol. The van der Waals surface area contributed by atoms with E-state index in [1.165, 1.54) is 12.8 Å².